The number of benzene rings is 1. The van der Waals surface area contributed by atoms with Crippen molar-refractivity contribution >= 4 is 17.9 Å². The van der Waals surface area contributed by atoms with Crippen LogP contribution in [0, 0.1) is 6.92 Å². The Kier molecular flexibility index (Phi) is 3.35. The number of anilines is 1. The molecular formula is C13H20BN. The van der Waals surface area contributed by atoms with Crippen LogP contribution in [-0.4, -0.2) is 6.71 Å². The van der Waals surface area contributed by atoms with E-state index in [9.17, 15) is 0 Å². The number of aryl methyl sites for hydroxylation is 1. The molecule has 1 nitrogen and oxygen atoms in total. The van der Waals surface area contributed by atoms with E-state index in [0.717, 1.165) is 5.69 Å². The molecule has 0 bridgehead atoms. The van der Waals surface area contributed by atoms with Gasteiger partial charge in [-0.2, -0.15) is 0 Å². The third-order valence-corrected chi connectivity index (χ3v) is 3.54. The van der Waals surface area contributed by atoms with E-state index in [4.69, 9.17) is 5.73 Å². The second-order valence-electron chi connectivity index (χ2n) is 4.82. The Morgan fingerprint density at radius 1 is 1.07 bits per heavy atom. The van der Waals surface area contributed by atoms with Crippen molar-refractivity contribution in [3.63, 3.8) is 0 Å². The number of rotatable bonds is 1. The third kappa shape index (κ3) is 2.56. The second-order valence-corrected chi connectivity index (χ2v) is 4.82. The largest absolute Gasteiger partial charge is 0.399 e. The second kappa shape index (κ2) is 4.74. The summed E-state index contributed by atoms with van der Waals surface area (Å²) >= 11 is 0. The van der Waals surface area contributed by atoms with E-state index in [2.05, 4.69) is 25.1 Å². The zero-order chi connectivity index (χ0) is 10.7. The lowest BCUT2D eigenvalue weighted by Gasteiger charge is -2.14. The molecule has 0 amide bonds. The quantitative estimate of drug-likeness (QED) is 0.548. The fourth-order valence-corrected chi connectivity index (χ4v) is 2.66. The third-order valence-electron chi connectivity index (χ3n) is 3.54. The fourth-order valence-electron chi connectivity index (χ4n) is 2.66. The first-order valence-corrected chi connectivity index (χ1v) is 6.13. The highest BCUT2D eigenvalue weighted by atomic mass is 14.5. The Hall–Kier alpha value is -0.915. The van der Waals surface area contributed by atoms with E-state index in [1.807, 2.05) is 0 Å². The Morgan fingerprint density at radius 3 is 2.33 bits per heavy atom. The van der Waals surface area contributed by atoms with Gasteiger partial charge >= 0.3 is 0 Å². The minimum atomic E-state index is 0.716. The van der Waals surface area contributed by atoms with Gasteiger partial charge in [0.2, 0.25) is 0 Å². The molecule has 80 valence electrons. The fraction of sp³-hybridized carbons (Fsp3) is 0.538. The highest BCUT2D eigenvalue weighted by Crippen LogP contribution is 2.20. The molecule has 2 heteroatoms. The maximum atomic E-state index is 6.10. The Bertz CT molecular complexity index is 327. The lowest BCUT2D eigenvalue weighted by molar-refractivity contribution is 0.720. The molecule has 0 spiro atoms. The molecule has 1 fully saturated rings. The average Bonchev–Trinajstić information content (AvgIpc) is 2.46. The molecule has 1 saturated heterocycles. The summed E-state index contributed by atoms with van der Waals surface area (Å²) in [5, 5.41) is 0. The van der Waals surface area contributed by atoms with Gasteiger partial charge in [-0.25, -0.2) is 0 Å². The molecule has 1 aliphatic heterocycles. The van der Waals surface area contributed by atoms with Gasteiger partial charge in [0, 0.05) is 5.69 Å². The van der Waals surface area contributed by atoms with Crippen molar-refractivity contribution in [2.75, 3.05) is 5.73 Å². The minimum Gasteiger partial charge on any atom is -0.399 e. The van der Waals surface area contributed by atoms with E-state index in [-0.39, 0.29) is 0 Å². The summed E-state index contributed by atoms with van der Waals surface area (Å²) in [6, 6.07) is 6.54. The van der Waals surface area contributed by atoms with Crippen LogP contribution in [0.3, 0.4) is 0 Å². The molecule has 0 aliphatic carbocycles. The standard InChI is InChI=1S/C13H20BN/c1-11-6-7-12(13(15)10-11)14-8-4-2-3-5-9-14/h6-7,10H,2-5,8-9,15H2,1H3. The number of hydrogen-bond donors (Lipinski definition) is 1. The lowest BCUT2D eigenvalue weighted by atomic mass is 9.40. The maximum absolute atomic E-state index is 6.10. The first-order valence-electron chi connectivity index (χ1n) is 6.13. The van der Waals surface area contributed by atoms with Gasteiger partial charge in [0.25, 0.3) is 0 Å². The number of nitrogen functional groups attached to an aromatic ring is 1. The van der Waals surface area contributed by atoms with Gasteiger partial charge in [-0.3, -0.25) is 0 Å². The van der Waals surface area contributed by atoms with Crippen molar-refractivity contribution < 1.29 is 0 Å². The van der Waals surface area contributed by atoms with Crippen LogP contribution in [0.2, 0.25) is 12.6 Å². The predicted octanol–water partition coefficient (Wildman–Crippen LogP) is 2.85. The Balaban J connectivity index is 2.19. The molecule has 15 heavy (non-hydrogen) atoms. The van der Waals surface area contributed by atoms with E-state index >= 15 is 0 Å². The average molecular weight is 201 g/mol. The van der Waals surface area contributed by atoms with E-state index in [1.165, 1.54) is 49.3 Å². The predicted molar refractivity (Wildman–Crippen MR) is 69.1 cm³/mol. The van der Waals surface area contributed by atoms with Crippen LogP contribution in [0.5, 0.6) is 0 Å². The van der Waals surface area contributed by atoms with Crippen molar-refractivity contribution in [2.45, 2.75) is 45.2 Å². The molecule has 2 N–H and O–H groups in total. The van der Waals surface area contributed by atoms with Crippen molar-refractivity contribution in [2.24, 2.45) is 0 Å². The van der Waals surface area contributed by atoms with Gasteiger partial charge < -0.3 is 5.73 Å². The topological polar surface area (TPSA) is 26.0 Å². The monoisotopic (exact) mass is 201 g/mol. The maximum Gasteiger partial charge on any atom is 0.178 e. The minimum absolute atomic E-state index is 0.716. The Labute approximate surface area is 93.1 Å². The van der Waals surface area contributed by atoms with Crippen molar-refractivity contribution in [3.8, 4) is 0 Å². The van der Waals surface area contributed by atoms with Gasteiger partial charge in [0.1, 0.15) is 0 Å². The van der Waals surface area contributed by atoms with Gasteiger partial charge in [-0.05, 0) is 18.6 Å². The first kappa shape index (κ1) is 10.6. The number of hydrogen-bond acceptors (Lipinski definition) is 1. The first-order chi connectivity index (χ1) is 7.27. The summed E-state index contributed by atoms with van der Waals surface area (Å²) in [5.41, 5.74) is 9.76. The zero-order valence-corrected chi connectivity index (χ0v) is 9.63. The van der Waals surface area contributed by atoms with Gasteiger partial charge in [0.05, 0.1) is 0 Å². The summed E-state index contributed by atoms with van der Waals surface area (Å²) in [5.74, 6) is 0. The zero-order valence-electron chi connectivity index (χ0n) is 9.63. The van der Waals surface area contributed by atoms with E-state index in [1.54, 1.807) is 0 Å². The van der Waals surface area contributed by atoms with Gasteiger partial charge in [-0.1, -0.05) is 55.9 Å². The van der Waals surface area contributed by atoms with E-state index < -0.39 is 0 Å². The van der Waals surface area contributed by atoms with Gasteiger partial charge in [-0.15, -0.1) is 0 Å². The summed E-state index contributed by atoms with van der Waals surface area (Å²) in [4.78, 5) is 0. The van der Waals surface area contributed by atoms with Crippen LogP contribution < -0.4 is 11.2 Å². The van der Waals surface area contributed by atoms with Crippen LogP contribution in [0.15, 0.2) is 18.2 Å². The molecule has 1 aromatic carbocycles. The van der Waals surface area contributed by atoms with Crippen LogP contribution in [0.4, 0.5) is 5.69 Å². The van der Waals surface area contributed by atoms with E-state index in [0.29, 0.717) is 6.71 Å². The van der Waals surface area contributed by atoms with Crippen molar-refractivity contribution in [1.29, 1.82) is 0 Å². The lowest BCUT2D eigenvalue weighted by Crippen LogP contribution is -2.31. The molecule has 0 saturated carbocycles. The molecule has 1 aromatic rings. The summed E-state index contributed by atoms with van der Waals surface area (Å²) in [6.45, 7) is 2.82. The molecule has 2 rings (SSSR count). The summed E-state index contributed by atoms with van der Waals surface area (Å²) < 4.78 is 0. The summed E-state index contributed by atoms with van der Waals surface area (Å²) in [6.07, 6.45) is 8.21. The molecule has 1 aliphatic rings. The molecule has 0 unspecified atom stereocenters. The molecular weight excluding hydrogens is 181 g/mol. The Morgan fingerprint density at radius 2 is 1.73 bits per heavy atom. The van der Waals surface area contributed by atoms with Crippen LogP contribution in [-0.2, 0) is 0 Å². The van der Waals surface area contributed by atoms with Gasteiger partial charge in [0.15, 0.2) is 6.71 Å². The molecule has 1 heterocycles. The summed E-state index contributed by atoms with van der Waals surface area (Å²) in [7, 11) is 0. The van der Waals surface area contributed by atoms with Crippen LogP contribution >= 0.6 is 0 Å². The van der Waals surface area contributed by atoms with Crippen molar-refractivity contribution in [1.82, 2.24) is 0 Å². The SMILES string of the molecule is Cc1ccc(B2CCCCCC2)c(N)c1. The smallest absolute Gasteiger partial charge is 0.178 e. The molecule has 0 radical (unpaired) electrons. The normalized spacial score (nSPS) is 17.5. The molecule has 0 aromatic heterocycles. The van der Waals surface area contributed by atoms with Crippen molar-refractivity contribution in [3.05, 3.63) is 23.8 Å². The highest BCUT2D eigenvalue weighted by molar-refractivity contribution is 6.74. The molecule has 0 atom stereocenters. The van der Waals surface area contributed by atoms with Crippen LogP contribution in [0.25, 0.3) is 0 Å². The van der Waals surface area contributed by atoms with Crippen LogP contribution in [0.1, 0.15) is 31.2 Å². The number of nitrogens with two attached hydrogens (primary N) is 1. The highest BCUT2D eigenvalue weighted by Gasteiger charge is 2.19.